The van der Waals surface area contributed by atoms with Gasteiger partial charge in [-0.2, -0.15) is 4.31 Å². The number of hydrogen-bond donors (Lipinski definition) is 0. The molecule has 29 heavy (non-hydrogen) atoms. The largest absolute Gasteiger partial charge is 0.325 e. The Morgan fingerprint density at radius 3 is 2.17 bits per heavy atom. The van der Waals surface area contributed by atoms with E-state index in [1.54, 1.807) is 4.90 Å². The lowest BCUT2D eigenvalue weighted by Gasteiger charge is -2.35. The Bertz CT molecular complexity index is 960. The van der Waals surface area contributed by atoms with Crippen LogP contribution in [0.5, 0.6) is 0 Å². The number of piperidine rings is 1. The van der Waals surface area contributed by atoms with E-state index in [4.69, 9.17) is 0 Å². The first-order chi connectivity index (χ1) is 14.0. The van der Waals surface area contributed by atoms with Crippen LogP contribution in [0, 0.1) is 5.82 Å². The number of amides is 2. The molecule has 154 valence electrons. The smallest absolute Gasteiger partial charge is 0.321 e. The summed E-state index contributed by atoms with van der Waals surface area (Å²) >= 11 is 0. The number of likely N-dealkylation sites (tertiary alicyclic amines) is 1. The summed E-state index contributed by atoms with van der Waals surface area (Å²) in [5, 5.41) is 0. The van der Waals surface area contributed by atoms with Crippen molar-refractivity contribution in [3.8, 4) is 0 Å². The van der Waals surface area contributed by atoms with Crippen LogP contribution in [0.2, 0.25) is 0 Å². The third-order valence-corrected chi connectivity index (χ3v) is 7.39. The van der Waals surface area contributed by atoms with E-state index in [2.05, 4.69) is 0 Å². The minimum Gasteiger partial charge on any atom is -0.325 e. The fourth-order valence-electron chi connectivity index (χ4n) is 4.04. The summed E-state index contributed by atoms with van der Waals surface area (Å²) in [7, 11) is -3.90. The van der Waals surface area contributed by atoms with Crippen LogP contribution in [0.4, 0.5) is 9.18 Å². The standard InChI is InChI=1S/C21H24FN3O3S/c22-18-9-11-19(12-10-18)29(27,28)25-16-15-24(20(25)17-7-3-1-4-8-17)21(26)23-13-5-2-6-14-23/h1,3-4,7-12,20H,2,5-6,13-16H2. The van der Waals surface area contributed by atoms with E-state index < -0.39 is 22.0 Å². The maximum Gasteiger partial charge on any atom is 0.321 e. The zero-order valence-corrected chi connectivity index (χ0v) is 16.9. The molecule has 0 aliphatic carbocycles. The SMILES string of the molecule is O=C(N1CCCCC1)N1CCN(S(=O)(=O)c2ccc(F)cc2)C1c1ccccc1. The van der Waals surface area contributed by atoms with Gasteiger partial charge in [-0.25, -0.2) is 17.6 Å². The topological polar surface area (TPSA) is 60.9 Å². The molecule has 2 aliphatic heterocycles. The maximum atomic E-state index is 13.3. The van der Waals surface area contributed by atoms with Gasteiger partial charge in [-0.3, -0.25) is 0 Å². The third-order valence-electron chi connectivity index (χ3n) is 5.52. The number of benzene rings is 2. The van der Waals surface area contributed by atoms with Crippen LogP contribution in [0.1, 0.15) is 31.0 Å². The molecule has 0 aromatic heterocycles. The van der Waals surface area contributed by atoms with E-state index in [0.717, 1.165) is 37.0 Å². The highest BCUT2D eigenvalue weighted by molar-refractivity contribution is 7.89. The van der Waals surface area contributed by atoms with Gasteiger partial charge in [0.2, 0.25) is 10.0 Å². The Hall–Kier alpha value is -2.45. The molecule has 2 heterocycles. The number of carbonyl (C=O) groups excluding carboxylic acids is 1. The van der Waals surface area contributed by atoms with E-state index in [9.17, 15) is 17.6 Å². The van der Waals surface area contributed by atoms with Gasteiger partial charge in [-0.05, 0) is 49.1 Å². The van der Waals surface area contributed by atoms with Crippen LogP contribution in [0.25, 0.3) is 0 Å². The quantitative estimate of drug-likeness (QED) is 0.769. The van der Waals surface area contributed by atoms with Crippen LogP contribution in [-0.2, 0) is 10.0 Å². The van der Waals surface area contributed by atoms with Crippen molar-refractivity contribution in [2.24, 2.45) is 0 Å². The molecule has 0 saturated carbocycles. The van der Waals surface area contributed by atoms with Crippen LogP contribution in [-0.4, -0.2) is 54.7 Å². The van der Waals surface area contributed by atoms with Gasteiger partial charge in [0, 0.05) is 26.2 Å². The summed E-state index contributed by atoms with van der Waals surface area (Å²) in [6.45, 7) is 1.90. The minimum absolute atomic E-state index is 0.0205. The number of sulfonamides is 1. The Morgan fingerprint density at radius 2 is 1.52 bits per heavy atom. The zero-order valence-electron chi connectivity index (χ0n) is 16.1. The highest BCUT2D eigenvalue weighted by atomic mass is 32.2. The fraction of sp³-hybridized carbons (Fsp3) is 0.381. The highest BCUT2D eigenvalue weighted by Crippen LogP contribution is 2.36. The van der Waals surface area contributed by atoms with Crippen molar-refractivity contribution in [1.29, 1.82) is 0 Å². The van der Waals surface area contributed by atoms with Crippen LogP contribution < -0.4 is 0 Å². The zero-order chi connectivity index (χ0) is 20.4. The lowest BCUT2D eigenvalue weighted by atomic mass is 10.1. The van der Waals surface area contributed by atoms with E-state index in [-0.39, 0.29) is 17.5 Å². The molecule has 0 N–H and O–H groups in total. The highest BCUT2D eigenvalue weighted by Gasteiger charge is 2.44. The number of urea groups is 1. The van der Waals surface area contributed by atoms with Gasteiger partial charge in [-0.1, -0.05) is 30.3 Å². The fourth-order valence-corrected chi connectivity index (χ4v) is 5.61. The second-order valence-electron chi connectivity index (χ2n) is 7.38. The number of rotatable bonds is 3. The van der Waals surface area contributed by atoms with Gasteiger partial charge in [0.15, 0.2) is 0 Å². The maximum absolute atomic E-state index is 13.3. The predicted octanol–water partition coefficient (Wildman–Crippen LogP) is 3.44. The van der Waals surface area contributed by atoms with Gasteiger partial charge in [0.05, 0.1) is 4.90 Å². The molecular formula is C21H24FN3O3S. The van der Waals surface area contributed by atoms with E-state index in [1.165, 1.54) is 16.4 Å². The Labute approximate surface area is 170 Å². The Kier molecular flexibility index (Phi) is 5.56. The molecule has 2 amide bonds. The normalized spacial score (nSPS) is 20.8. The average molecular weight is 418 g/mol. The van der Waals surface area contributed by atoms with Crippen molar-refractivity contribution in [2.75, 3.05) is 26.2 Å². The van der Waals surface area contributed by atoms with E-state index in [0.29, 0.717) is 19.6 Å². The first-order valence-electron chi connectivity index (χ1n) is 9.86. The molecule has 1 unspecified atom stereocenters. The molecular weight excluding hydrogens is 393 g/mol. The van der Waals surface area contributed by atoms with Gasteiger partial charge >= 0.3 is 6.03 Å². The number of hydrogen-bond acceptors (Lipinski definition) is 3. The predicted molar refractivity (Wildman–Crippen MR) is 107 cm³/mol. The third kappa shape index (κ3) is 3.86. The Morgan fingerprint density at radius 1 is 0.862 bits per heavy atom. The van der Waals surface area contributed by atoms with Gasteiger partial charge in [0.1, 0.15) is 12.0 Å². The molecule has 0 bridgehead atoms. The van der Waals surface area contributed by atoms with Crippen molar-refractivity contribution in [3.05, 3.63) is 66.0 Å². The number of carbonyl (C=O) groups is 1. The lowest BCUT2D eigenvalue weighted by Crippen LogP contribution is -2.46. The molecule has 4 rings (SSSR count). The molecule has 2 aromatic carbocycles. The van der Waals surface area contributed by atoms with Crippen molar-refractivity contribution < 1.29 is 17.6 Å². The summed E-state index contributed by atoms with van der Waals surface area (Å²) in [4.78, 5) is 16.7. The van der Waals surface area contributed by atoms with Crippen LogP contribution in [0.15, 0.2) is 59.5 Å². The molecule has 2 aromatic rings. The lowest BCUT2D eigenvalue weighted by molar-refractivity contribution is 0.127. The monoisotopic (exact) mass is 417 g/mol. The van der Waals surface area contributed by atoms with Gasteiger partial charge < -0.3 is 9.80 Å². The second-order valence-corrected chi connectivity index (χ2v) is 9.27. The first kappa shape index (κ1) is 19.8. The molecule has 0 radical (unpaired) electrons. The van der Waals surface area contributed by atoms with Gasteiger partial charge in [0.25, 0.3) is 0 Å². The summed E-state index contributed by atoms with van der Waals surface area (Å²) in [5.41, 5.74) is 0.737. The van der Waals surface area contributed by atoms with E-state index in [1.807, 2.05) is 35.2 Å². The molecule has 2 saturated heterocycles. The van der Waals surface area contributed by atoms with Crippen molar-refractivity contribution in [2.45, 2.75) is 30.3 Å². The second kappa shape index (κ2) is 8.12. The molecule has 2 fully saturated rings. The molecule has 6 nitrogen and oxygen atoms in total. The van der Waals surface area contributed by atoms with Crippen LogP contribution in [0.3, 0.4) is 0 Å². The summed E-state index contributed by atoms with van der Waals surface area (Å²) < 4.78 is 41.3. The molecule has 2 aliphatic rings. The minimum atomic E-state index is -3.90. The number of nitrogens with zero attached hydrogens (tertiary/aromatic N) is 3. The summed E-state index contributed by atoms with van der Waals surface area (Å²) in [6.07, 6.45) is 2.32. The van der Waals surface area contributed by atoms with E-state index >= 15 is 0 Å². The first-order valence-corrected chi connectivity index (χ1v) is 11.3. The van der Waals surface area contributed by atoms with Crippen molar-refractivity contribution >= 4 is 16.1 Å². The summed E-state index contributed by atoms with van der Waals surface area (Å²) in [5.74, 6) is -0.494. The van der Waals surface area contributed by atoms with Crippen molar-refractivity contribution in [3.63, 3.8) is 0 Å². The summed E-state index contributed by atoms with van der Waals surface area (Å²) in [6, 6.07) is 13.9. The molecule has 1 atom stereocenters. The van der Waals surface area contributed by atoms with Crippen molar-refractivity contribution in [1.82, 2.24) is 14.1 Å². The molecule has 0 spiro atoms. The number of halogens is 1. The Balaban J connectivity index is 1.70. The average Bonchev–Trinajstić information content (AvgIpc) is 3.21. The van der Waals surface area contributed by atoms with Gasteiger partial charge in [-0.15, -0.1) is 0 Å². The molecule has 8 heteroatoms. The van der Waals surface area contributed by atoms with Crippen LogP contribution >= 0.6 is 0 Å².